The quantitative estimate of drug-likeness (QED) is 0.439. The maximum absolute atomic E-state index is 13.7. The molecule has 38 heavy (non-hydrogen) atoms. The minimum absolute atomic E-state index is 0.0104. The molecule has 1 aliphatic heterocycles. The molecule has 15 heteroatoms. The van der Waals surface area contributed by atoms with Crippen LogP contribution in [0.5, 0.6) is 5.75 Å². The van der Waals surface area contributed by atoms with Gasteiger partial charge in [0.15, 0.2) is 5.15 Å². The van der Waals surface area contributed by atoms with E-state index in [4.69, 9.17) is 21.4 Å². The average Bonchev–Trinajstić information content (AvgIpc) is 3.57. The van der Waals surface area contributed by atoms with Crippen molar-refractivity contribution in [2.24, 2.45) is 0 Å². The second kappa shape index (κ2) is 9.95. The smallest absolute Gasteiger partial charge is 0.427 e. The molecular formula is C23H25ClF3N3O7S. The number of benzene rings is 1. The van der Waals surface area contributed by atoms with Crippen LogP contribution in [0.15, 0.2) is 29.3 Å². The van der Waals surface area contributed by atoms with Gasteiger partial charge in [-0.2, -0.15) is 18.3 Å². The van der Waals surface area contributed by atoms with Crippen LogP contribution in [0.3, 0.4) is 0 Å². The number of ether oxygens (including phenoxy) is 2. The molecule has 208 valence electrons. The molecule has 2 aliphatic rings. The summed E-state index contributed by atoms with van der Waals surface area (Å²) in [6.45, 7) is 1.19. The lowest BCUT2D eigenvalue weighted by molar-refractivity contribution is -0.257. The summed E-state index contributed by atoms with van der Waals surface area (Å²) in [6.07, 6.45) is -3.43. The van der Waals surface area contributed by atoms with Crippen molar-refractivity contribution in [1.82, 2.24) is 9.78 Å². The number of aromatic nitrogens is 2. The van der Waals surface area contributed by atoms with E-state index in [1.54, 1.807) is 0 Å². The number of aliphatic carboxylic acids is 1. The van der Waals surface area contributed by atoms with Gasteiger partial charge in [-0.3, -0.25) is 18.6 Å². The Hall–Kier alpha value is -3.00. The van der Waals surface area contributed by atoms with E-state index in [2.05, 4.69) is 9.84 Å². The van der Waals surface area contributed by atoms with Crippen LogP contribution in [-0.4, -0.2) is 59.7 Å². The molecule has 0 spiro atoms. The molecule has 2 aromatic rings. The van der Waals surface area contributed by atoms with E-state index in [0.717, 1.165) is 31.0 Å². The number of hydrogen-bond donors (Lipinski definition) is 1. The number of fused-ring (bicyclic) bond motifs is 1. The molecule has 0 bridgehead atoms. The van der Waals surface area contributed by atoms with Crippen molar-refractivity contribution in [3.63, 3.8) is 0 Å². The van der Waals surface area contributed by atoms with Crippen LogP contribution >= 0.6 is 11.6 Å². The number of sulfonamides is 1. The van der Waals surface area contributed by atoms with E-state index in [9.17, 15) is 31.2 Å². The molecule has 4 rings (SSSR count). The third kappa shape index (κ3) is 5.85. The second-order valence-corrected chi connectivity index (χ2v) is 11.9. The Bertz CT molecular complexity index is 1360. The van der Waals surface area contributed by atoms with E-state index in [0.29, 0.717) is 0 Å². The largest absolute Gasteiger partial charge is 0.486 e. The van der Waals surface area contributed by atoms with Crippen molar-refractivity contribution >= 4 is 39.3 Å². The number of carbonyl (C=O) groups is 2. The molecule has 1 atom stereocenters. The predicted octanol–water partition coefficient (Wildman–Crippen LogP) is 4.12. The van der Waals surface area contributed by atoms with Crippen molar-refractivity contribution in [3.8, 4) is 5.75 Å². The van der Waals surface area contributed by atoms with E-state index >= 15 is 0 Å². The summed E-state index contributed by atoms with van der Waals surface area (Å²) in [5.74, 6) is -2.15. The molecule has 0 amide bonds. The Morgan fingerprint density at radius 1 is 1.26 bits per heavy atom. The fourth-order valence-corrected chi connectivity index (χ4v) is 5.77. The normalized spacial score (nSPS) is 18.1. The number of anilines is 1. The topological polar surface area (TPSA) is 128 Å². The minimum atomic E-state index is -4.79. The second-order valence-electron chi connectivity index (χ2n) is 9.66. The lowest BCUT2D eigenvalue weighted by Gasteiger charge is -2.35. The molecule has 1 fully saturated rings. The molecule has 1 aromatic heterocycles. The number of carboxylic acid groups (broad SMARTS) is 1. The Balaban J connectivity index is 1.66. The summed E-state index contributed by atoms with van der Waals surface area (Å²) in [5, 5.41) is 12.9. The third-order valence-corrected chi connectivity index (χ3v) is 8.35. The molecule has 0 unspecified atom stereocenters. The first-order valence-corrected chi connectivity index (χ1v) is 13.5. The molecule has 0 radical (unpaired) electrons. The Morgan fingerprint density at radius 3 is 2.55 bits per heavy atom. The van der Waals surface area contributed by atoms with E-state index in [-0.39, 0.29) is 52.5 Å². The average molecular weight is 580 g/mol. The number of nitrogens with zero attached hydrogens (tertiary/aromatic N) is 3. The van der Waals surface area contributed by atoms with Crippen LogP contribution in [-0.2, 0) is 30.8 Å². The van der Waals surface area contributed by atoms with Gasteiger partial charge in [0, 0.05) is 12.6 Å². The lowest BCUT2D eigenvalue weighted by atomic mass is 10.1. The molecular weight excluding hydrogens is 555 g/mol. The van der Waals surface area contributed by atoms with Gasteiger partial charge in [0.05, 0.1) is 24.7 Å². The van der Waals surface area contributed by atoms with Crippen LogP contribution in [0.1, 0.15) is 51.1 Å². The zero-order chi connectivity index (χ0) is 28.0. The maximum atomic E-state index is 13.7. The van der Waals surface area contributed by atoms with Gasteiger partial charge in [0.1, 0.15) is 16.7 Å². The molecule has 10 nitrogen and oxygen atoms in total. The summed E-state index contributed by atoms with van der Waals surface area (Å²) in [7, 11) is -4.33. The van der Waals surface area contributed by atoms with E-state index in [1.165, 1.54) is 29.1 Å². The Labute approximate surface area is 221 Å². The standard InChI is InChI=1S/C23H25ClF3N3O7S/c1-22(2,23(25,26)27)37-20(33)10-13-3-7-17-16(9-13)30(11-15(36-17)6-8-19(31)32)38(34,35)18-12-29(14-4-5-14)28-21(18)24/h3,7,9,12,14-15H,4-6,8,10-11H2,1-2H3,(H,31,32)/t15-/m0/s1. The number of esters is 1. The van der Waals surface area contributed by atoms with Crippen LogP contribution < -0.4 is 9.04 Å². The number of alkyl halides is 3. The highest BCUT2D eigenvalue weighted by Crippen LogP contribution is 2.41. The Kier molecular flexibility index (Phi) is 7.34. The maximum Gasteiger partial charge on any atom is 0.427 e. The number of carboxylic acids is 1. The summed E-state index contributed by atoms with van der Waals surface area (Å²) >= 11 is 6.19. The van der Waals surface area contributed by atoms with Gasteiger partial charge >= 0.3 is 18.1 Å². The fourth-order valence-electron chi connectivity index (χ4n) is 3.85. The first-order chi connectivity index (χ1) is 17.6. The van der Waals surface area contributed by atoms with Gasteiger partial charge in [-0.25, -0.2) is 8.42 Å². The molecule has 1 N–H and O–H groups in total. The van der Waals surface area contributed by atoms with E-state index < -0.39 is 46.3 Å². The monoisotopic (exact) mass is 579 g/mol. The van der Waals surface area contributed by atoms with Crippen LogP contribution in [0.4, 0.5) is 18.9 Å². The number of carbonyl (C=O) groups excluding carboxylic acids is 1. The van der Waals surface area contributed by atoms with Crippen molar-refractivity contribution in [1.29, 1.82) is 0 Å². The minimum Gasteiger partial charge on any atom is -0.486 e. The lowest BCUT2D eigenvalue weighted by Crippen LogP contribution is -2.44. The Morgan fingerprint density at radius 2 is 1.95 bits per heavy atom. The van der Waals surface area contributed by atoms with Crippen LogP contribution in [0.25, 0.3) is 0 Å². The van der Waals surface area contributed by atoms with E-state index in [1.807, 2.05) is 0 Å². The molecule has 1 aromatic carbocycles. The summed E-state index contributed by atoms with van der Waals surface area (Å²) < 4.78 is 79.8. The van der Waals surface area contributed by atoms with Crippen molar-refractivity contribution in [2.75, 3.05) is 10.8 Å². The highest BCUT2D eigenvalue weighted by Gasteiger charge is 2.50. The van der Waals surface area contributed by atoms with Gasteiger partial charge in [-0.05, 0) is 50.8 Å². The van der Waals surface area contributed by atoms with Crippen LogP contribution in [0.2, 0.25) is 5.15 Å². The molecule has 2 heterocycles. The van der Waals surface area contributed by atoms with Crippen molar-refractivity contribution in [3.05, 3.63) is 35.1 Å². The van der Waals surface area contributed by atoms with Gasteiger partial charge < -0.3 is 14.6 Å². The molecule has 1 aliphatic carbocycles. The van der Waals surface area contributed by atoms with Gasteiger partial charge in [0.25, 0.3) is 10.0 Å². The number of halogens is 4. The molecule has 1 saturated carbocycles. The highest BCUT2D eigenvalue weighted by atomic mass is 35.5. The first kappa shape index (κ1) is 28.0. The first-order valence-electron chi connectivity index (χ1n) is 11.7. The third-order valence-electron chi connectivity index (χ3n) is 6.18. The summed E-state index contributed by atoms with van der Waals surface area (Å²) in [5.41, 5.74) is -2.52. The number of rotatable bonds is 9. The van der Waals surface area contributed by atoms with Crippen LogP contribution in [0, 0.1) is 0 Å². The summed E-state index contributed by atoms with van der Waals surface area (Å²) in [6, 6.07) is 4.12. The van der Waals surface area contributed by atoms with Gasteiger partial charge in [-0.1, -0.05) is 17.7 Å². The summed E-state index contributed by atoms with van der Waals surface area (Å²) in [4.78, 5) is 23.1. The van der Waals surface area contributed by atoms with Gasteiger partial charge in [0.2, 0.25) is 5.60 Å². The SMILES string of the molecule is CC(C)(OC(=O)Cc1ccc2c(c1)N(S(=O)(=O)c1cn(C3CC3)nc1Cl)C[C@H](CCC(=O)O)O2)C(F)(F)F. The van der Waals surface area contributed by atoms with Gasteiger partial charge in [-0.15, -0.1) is 0 Å². The fraction of sp³-hybridized carbons (Fsp3) is 0.522. The predicted molar refractivity (Wildman–Crippen MR) is 128 cm³/mol. The van der Waals surface area contributed by atoms with Crippen molar-refractivity contribution in [2.45, 2.75) is 74.8 Å². The molecule has 0 saturated heterocycles. The van der Waals surface area contributed by atoms with Crippen molar-refractivity contribution < 1.29 is 45.8 Å². The highest BCUT2D eigenvalue weighted by molar-refractivity contribution is 7.93. The zero-order valence-electron chi connectivity index (χ0n) is 20.4. The zero-order valence-corrected chi connectivity index (χ0v) is 21.9. The number of hydrogen-bond acceptors (Lipinski definition) is 7.